The van der Waals surface area contributed by atoms with E-state index in [0.29, 0.717) is 19.8 Å². The van der Waals surface area contributed by atoms with Gasteiger partial charge in [0, 0.05) is 0 Å². The van der Waals surface area contributed by atoms with Crippen molar-refractivity contribution in [1.29, 1.82) is 0 Å². The second-order valence-electron chi connectivity index (χ2n) is 7.90. The van der Waals surface area contributed by atoms with Crippen molar-refractivity contribution in [2.75, 3.05) is 13.7 Å². The van der Waals surface area contributed by atoms with E-state index in [1.54, 1.807) is 13.5 Å². The van der Waals surface area contributed by atoms with E-state index >= 15 is 0 Å². The molecule has 3 unspecified atom stereocenters. The van der Waals surface area contributed by atoms with Crippen LogP contribution in [-0.2, 0) is 52.6 Å². The largest absolute Gasteiger partial charge is 2.00 e. The fourth-order valence-electron chi connectivity index (χ4n) is 3.61. The Morgan fingerprint density at radius 3 is 1.66 bits per heavy atom. The van der Waals surface area contributed by atoms with Gasteiger partial charge in [-0.3, -0.25) is 6.42 Å². The first-order chi connectivity index (χ1) is 16.7. The van der Waals surface area contributed by atoms with Crippen LogP contribution in [0, 0.1) is 12.8 Å². The molecule has 6 heteroatoms. The van der Waals surface area contributed by atoms with Crippen LogP contribution < -0.4 is 4.74 Å². The minimum atomic E-state index is -0.479. The quantitative estimate of drug-likeness (QED) is 0.284. The van der Waals surface area contributed by atoms with Gasteiger partial charge >= 0.3 is 18.6 Å². The molecule has 185 valence electrons. The number of hydrogen-bond donors (Lipinski definition) is 1. The molecule has 35 heavy (non-hydrogen) atoms. The standard InChI is InChI=1S/C29H34O5.V/c1-3-27(32-20-23-10-6-4-7-11-23)29(34-22-24-12-8-5-9-13-24)28(18-19-30)33-21-25-14-16-26(31-2)17-15-25;/h3-18,27-30H,19-22H2,1-2H3;/q-2;+2. The van der Waals surface area contributed by atoms with E-state index in [0.717, 1.165) is 22.4 Å². The average Bonchev–Trinajstić information content (AvgIpc) is 2.90. The van der Waals surface area contributed by atoms with Gasteiger partial charge < -0.3 is 30.5 Å². The van der Waals surface area contributed by atoms with E-state index in [1.165, 1.54) is 0 Å². The second-order valence-corrected chi connectivity index (χ2v) is 7.90. The zero-order valence-corrected chi connectivity index (χ0v) is 21.7. The van der Waals surface area contributed by atoms with Gasteiger partial charge in [-0.25, -0.2) is 0 Å². The molecule has 0 aliphatic heterocycles. The Labute approximate surface area is 221 Å². The van der Waals surface area contributed by atoms with Crippen molar-refractivity contribution in [3.05, 3.63) is 114 Å². The van der Waals surface area contributed by atoms with Crippen LogP contribution in [0.4, 0.5) is 0 Å². The molecule has 0 bridgehead atoms. The second kappa shape index (κ2) is 16.5. The number of aliphatic hydroxyl groups excluding tert-OH is 1. The van der Waals surface area contributed by atoms with Crippen LogP contribution in [0.15, 0.2) is 84.9 Å². The Bertz CT molecular complexity index is 921. The summed E-state index contributed by atoms with van der Waals surface area (Å²) in [6, 6.07) is 27.8. The first-order valence-electron chi connectivity index (χ1n) is 11.5. The van der Waals surface area contributed by atoms with Crippen LogP contribution in [0.3, 0.4) is 0 Å². The van der Waals surface area contributed by atoms with Crippen molar-refractivity contribution < 1.29 is 42.6 Å². The van der Waals surface area contributed by atoms with E-state index in [4.69, 9.17) is 18.9 Å². The van der Waals surface area contributed by atoms with Crippen LogP contribution in [0.1, 0.15) is 23.6 Å². The van der Waals surface area contributed by atoms with Crippen molar-refractivity contribution in [2.45, 2.75) is 45.1 Å². The van der Waals surface area contributed by atoms with Crippen molar-refractivity contribution in [3.63, 3.8) is 0 Å². The van der Waals surface area contributed by atoms with E-state index in [1.807, 2.05) is 98.3 Å². The fourth-order valence-corrected chi connectivity index (χ4v) is 3.61. The molecule has 0 amide bonds. The molecule has 1 radical (unpaired) electrons. The molecule has 3 aromatic rings. The Kier molecular flexibility index (Phi) is 13.8. The van der Waals surface area contributed by atoms with Crippen LogP contribution in [0.2, 0.25) is 0 Å². The molecule has 3 aromatic carbocycles. The van der Waals surface area contributed by atoms with Crippen LogP contribution in [0.25, 0.3) is 0 Å². The Balaban J connectivity index is 0.00000432. The summed E-state index contributed by atoms with van der Waals surface area (Å²) in [4.78, 5) is 0. The van der Waals surface area contributed by atoms with Gasteiger partial charge in [-0.05, 0) is 41.0 Å². The normalized spacial score (nSPS) is 13.5. The summed E-state index contributed by atoms with van der Waals surface area (Å²) in [6.45, 7) is 3.05. The first kappa shape index (κ1) is 29.1. The third-order valence-corrected chi connectivity index (χ3v) is 5.49. The molecule has 5 nitrogen and oxygen atoms in total. The Morgan fingerprint density at radius 2 is 1.17 bits per heavy atom. The fraction of sp³-hybridized carbons (Fsp3) is 0.310. The molecule has 0 aliphatic rings. The molecule has 0 aromatic heterocycles. The molecule has 0 spiro atoms. The summed E-state index contributed by atoms with van der Waals surface area (Å²) in [6.07, 6.45) is 2.44. The van der Waals surface area contributed by atoms with Crippen LogP contribution in [-0.4, -0.2) is 37.1 Å². The minimum absolute atomic E-state index is 0. The van der Waals surface area contributed by atoms with Gasteiger partial charge in [-0.2, -0.15) is 6.92 Å². The third kappa shape index (κ3) is 9.81. The Morgan fingerprint density at radius 1 is 0.686 bits per heavy atom. The Hall–Kier alpha value is -2.12. The maximum absolute atomic E-state index is 9.74. The van der Waals surface area contributed by atoms with Gasteiger partial charge in [0.25, 0.3) is 0 Å². The first-order valence-corrected chi connectivity index (χ1v) is 11.5. The van der Waals surface area contributed by atoms with Gasteiger partial charge in [-0.1, -0.05) is 79.4 Å². The summed E-state index contributed by atoms with van der Waals surface area (Å²) in [5, 5.41) is 9.74. The number of ether oxygens (including phenoxy) is 4. The van der Waals surface area contributed by atoms with E-state index in [-0.39, 0.29) is 31.3 Å². The molecule has 3 rings (SSSR count). The van der Waals surface area contributed by atoms with E-state index < -0.39 is 12.2 Å². The zero-order chi connectivity index (χ0) is 24.0. The van der Waals surface area contributed by atoms with Crippen LogP contribution in [0.5, 0.6) is 5.75 Å². The smallest absolute Gasteiger partial charge is 0.497 e. The molecule has 0 saturated heterocycles. The summed E-state index contributed by atoms with van der Waals surface area (Å²) >= 11 is 0. The molecule has 3 atom stereocenters. The monoisotopic (exact) mass is 513 g/mol. The third-order valence-electron chi connectivity index (χ3n) is 5.49. The topological polar surface area (TPSA) is 57.2 Å². The SMILES string of the molecule is C[CH-]C(OCc1ccccc1)C(OCc1ccccc1)C([CH-]CO)OCc1ccc(OC)cc1.[V+2]. The molecular formula is C29H34O5V. The predicted molar refractivity (Wildman–Crippen MR) is 133 cm³/mol. The van der Waals surface area contributed by atoms with E-state index in [9.17, 15) is 5.11 Å². The number of benzene rings is 3. The molecule has 1 N–H and O–H groups in total. The molecule has 0 aliphatic carbocycles. The minimum Gasteiger partial charge on any atom is -0.497 e. The molecule has 0 saturated carbocycles. The van der Waals surface area contributed by atoms with Gasteiger partial charge in [0.05, 0.1) is 33.0 Å². The van der Waals surface area contributed by atoms with Crippen molar-refractivity contribution in [3.8, 4) is 5.75 Å². The van der Waals surface area contributed by atoms with Gasteiger partial charge in [-0.15, -0.1) is 0 Å². The van der Waals surface area contributed by atoms with Crippen molar-refractivity contribution >= 4 is 0 Å². The van der Waals surface area contributed by atoms with Crippen LogP contribution >= 0.6 is 0 Å². The van der Waals surface area contributed by atoms with Crippen molar-refractivity contribution in [1.82, 2.24) is 0 Å². The maximum atomic E-state index is 9.74. The summed E-state index contributed by atoms with van der Waals surface area (Å²) < 4.78 is 24.1. The predicted octanol–water partition coefficient (Wildman–Crippen LogP) is 5.17. The molecule has 0 heterocycles. The number of hydrogen-bond acceptors (Lipinski definition) is 5. The average molecular weight is 514 g/mol. The van der Waals surface area contributed by atoms with E-state index in [2.05, 4.69) is 0 Å². The zero-order valence-electron chi connectivity index (χ0n) is 20.3. The summed E-state index contributed by atoms with van der Waals surface area (Å²) in [7, 11) is 1.64. The summed E-state index contributed by atoms with van der Waals surface area (Å²) in [5.41, 5.74) is 3.14. The number of rotatable bonds is 15. The molecule has 0 fully saturated rings. The van der Waals surface area contributed by atoms with Gasteiger partial charge in [0.15, 0.2) is 0 Å². The number of methoxy groups -OCH3 is 1. The number of aliphatic hydroxyl groups is 1. The summed E-state index contributed by atoms with van der Waals surface area (Å²) in [5.74, 6) is 0.793. The van der Waals surface area contributed by atoms with Gasteiger partial charge in [0.1, 0.15) is 5.75 Å². The molecular weight excluding hydrogens is 479 g/mol. The van der Waals surface area contributed by atoms with Gasteiger partial charge in [0.2, 0.25) is 0 Å². The van der Waals surface area contributed by atoms with Crippen molar-refractivity contribution in [2.24, 2.45) is 0 Å². The maximum Gasteiger partial charge on any atom is 2.00 e.